The van der Waals surface area contributed by atoms with E-state index in [4.69, 9.17) is 4.74 Å². The van der Waals surface area contributed by atoms with E-state index in [1.54, 1.807) is 42.5 Å². The average molecular weight is 234 g/mol. The molecule has 0 saturated carbocycles. The zero-order valence-electron chi connectivity index (χ0n) is 9.47. The molecule has 1 aromatic rings. The van der Waals surface area contributed by atoms with Crippen molar-refractivity contribution >= 4 is 12.0 Å². The molecule has 0 atom stereocenters. The maximum Gasteiger partial charge on any atom is 0.426 e. The van der Waals surface area contributed by atoms with Crippen molar-refractivity contribution in [2.24, 2.45) is 0 Å². The van der Waals surface area contributed by atoms with Gasteiger partial charge in [0.1, 0.15) is 6.61 Å². The fraction of sp³-hybridized carbons (Fsp3) is 0.167. The molecule has 0 aliphatic carbocycles. The summed E-state index contributed by atoms with van der Waals surface area (Å²) in [5.74, 6) is -0.395. The van der Waals surface area contributed by atoms with Crippen molar-refractivity contribution in [3.8, 4) is 0 Å². The minimum absolute atomic E-state index is 0.170. The average Bonchev–Trinajstić information content (AvgIpc) is 2.37. The van der Waals surface area contributed by atoms with E-state index in [2.05, 4.69) is 10.9 Å². The van der Waals surface area contributed by atoms with Gasteiger partial charge in [-0.05, 0) is 19.1 Å². The van der Waals surface area contributed by atoms with Crippen molar-refractivity contribution in [2.45, 2.75) is 6.92 Å². The molecule has 0 bridgehead atoms. The molecule has 5 heteroatoms. The number of carbonyl (C=O) groups excluding carboxylic acids is 2. The highest BCUT2D eigenvalue weighted by molar-refractivity contribution is 5.94. The van der Waals surface area contributed by atoms with Gasteiger partial charge >= 0.3 is 6.09 Å². The van der Waals surface area contributed by atoms with Gasteiger partial charge in [-0.2, -0.15) is 0 Å². The Balaban J connectivity index is 2.31. The van der Waals surface area contributed by atoms with Crippen molar-refractivity contribution in [1.82, 2.24) is 10.9 Å². The standard InChI is InChI=1S/C12H14N2O3/c1-2-3-9-17-12(16)14-13-11(15)10-7-5-4-6-8-10/h2-8H,9H2,1H3,(H,13,15)(H,14,16)/b3-2+. The molecule has 5 nitrogen and oxygen atoms in total. The molecule has 0 aromatic heterocycles. The molecule has 2 N–H and O–H groups in total. The number of amides is 2. The quantitative estimate of drug-likeness (QED) is 0.617. The number of ether oxygens (including phenoxy) is 1. The first-order valence-electron chi connectivity index (χ1n) is 5.13. The van der Waals surface area contributed by atoms with Gasteiger partial charge in [0.25, 0.3) is 5.91 Å². The van der Waals surface area contributed by atoms with Crippen molar-refractivity contribution in [3.63, 3.8) is 0 Å². The summed E-state index contributed by atoms with van der Waals surface area (Å²) in [6, 6.07) is 8.55. The fourth-order valence-corrected chi connectivity index (χ4v) is 1.03. The molecule has 1 rings (SSSR count). The maximum absolute atomic E-state index is 11.5. The van der Waals surface area contributed by atoms with Crippen LogP contribution in [0.2, 0.25) is 0 Å². The van der Waals surface area contributed by atoms with Gasteiger partial charge in [-0.25, -0.2) is 10.2 Å². The summed E-state index contributed by atoms with van der Waals surface area (Å²) in [7, 11) is 0. The Morgan fingerprint density at radius 1 is 1.24 bits per heavy atom. The largest absolute Gasteiger partial charge is 0.444 e. The zero-order valence-corrected chi connectivity index (χ0v) is 9.47. The second-order valence-electron chi connectivity index (χ2n) is 3.11. The Morgan fingerprint density at radius 2 is 1.94 bits per heavy atom. The topological polar surface area (TPSA) is 67.4 Å². The van der Waals surface area contributed by atoms with Crippen molar-refractivity contribution in [1.29, 1.82) is 0 Å². The molecule has 0 fully saturated rings. The highest BCUT2D eigenvalue weighted by Crippen LogP contribution is 1.96. The summed E-state index contributed by atoms with van der Waals surface area (Å²) in [6.07, 6.45) is 2.74. The van der Waals surface area contributed by atoms with Gasteiger partial charge in [-0.15, -0.1) is 0 Å². The Kier molecular flexibility index (Phi) is 5.30. The van der Waals surface area contributed by atoms with Gasteiger partial charge in [-0.3, -0.25) is 10.2 Å². The SMILES string of the molecule is C/C=C/COC(=O)NNC(=O)c1ccccc1. The van der Waals surface area contributed by atoms with Crippen LogP contribution in [0.5, 0.6) is 0 Å². The number of hydrazine groups is 1. The maximum atomic E-state index is 11.5. The smallest absolute Gasteiger partial charge is 0.426 e. The van der Waals surface area contributed by atoms with E-state index in [0.717, 1.165) is 0 Å². The van der Waals surface area contributed by atoms with Crippen LogP contribution < -0.4 is 10.9 Å². The lowest BCUT2D eigenvalue weighted by Gasteiger charge is -2.06. The summed E-state index contributed by atoms with van der Waals surface area (Å²) in [5, 5.41) is 0. The van der Waals surface area contributed by atoms with E-state index in [9.17, 15) is 9.59 Å². The molecule has 2 amide bonds. The van der Waals surface area contributed by atoms with E-state index in [1.165, 1.54) is 0 Å². The second-order valence-corrected chi connectivity index (χ2v) is 3.11. The highest BCUT2D eigenvalue weighted by atomic mass is 16.6. The van der Waals surface area contributed by atoms with Crippen molar-refractivity contribution < 1.29 is 14.3 Å². The fourth-order valence-electron chi connectivity index (χ4n) is 1.03. The monoisotopic (exact) mass is 234 g/mol. The molecule has 0 heterocycles. The number of benzene rings is 1. The minimum Gasteiger partial charge on any atom is -0.444 e. The second kappa shape index (κ2) is 7.05. The van der Waals surface area contributed by atoms with E-state index in [0.29, 0.717) is 5.56 Å². The first kappa shape index (κ1) is 12.8. The molecule has 17 heavy (non-hydrogen) atoms. The van der Waals surface area contributed by atoms with Crippen LogP contribution in [0.1, 0.15) is 17.3 Å². The van der Waals surface area contributed by atoms with Gasteiger partial charge in [0, 0.05) is 5.56 Å². The summed E-state index contributed by atoms with van der Waals surface area (Å²) in [4.78, 5) is 22.6. The lowest BCUT2D eigenvalue weighted by Crippen LogP contribution is -2.41. The van der Waals surface area contributed by atoms with Gasteiger partial charge in [0.2, 0.25) is 0 Å². The molecule has 90 valence electrons. The molecule has 1 aromatic carbocycles. The van der Waals surface area contributed by atoms with Crippen LogP contribution >= 0.6 is 0 Å². The number of allylic oxidation sites excluding steroid dienone is 1. The summed E-state index contributed by atoms with van der Waals surface area (Å²) in [5.41, 5.74) is 4.84. The van der Waals surface area contributed by atoms with Crippen LogP contribution in [0.4, 0.5) is 4.79 Å². The van der Waals surface area contributed by atoms with E-state index in [-0.39, 0.29) is 6.61 Å². The van der Waals surface area contributed by atoms with Crippen LogP contribution in [0.25, 0.3) is 0 Å². The Bertz CT molecular complexity index is 401. The summed E-state index contributed by atoms with van der Waals surface area (Å²) >= 11 is 0. The molecule has 0 saturated heterocycles. The molecule has 0 aliphatic rings. The van der Waals surface area contributed by atoms with E-state index in [1.807, 2.05) is 6.92 Å². The third kappa shape index (κ3) is 4.83. The van der Waals surface area contributed by atoms with Crippen LogP contribution in [0, 0.1) is 0 Å². The lowest BCUT2D eigenvalue weighted by molar-refractivity contribution is 0.0915. The number of carbonyl (C=O) groups is 2. The molecular formula is C12H14N2O3. The third-order valence-electron chi connectivity index (χ3n) is 1.86. The Labute approximate surface area is 99.4 Å². The normalized spacial score (nSPS) is 9.94. The Hall–Kier alpha value is -2.30. The third-order valence-corrected chi connectivity index (χ3v) is 1.86. The zero-order chi connectivity index (χ0) is 12.5. The summed E-state index contributed by atoms with van der Waals surface area (Å²) in [6.45, 7) is 1.99. The van der Waals surface area contributed by atoms with Crippen LogP contribution in [-0.4, -0.2) is 18.6 Å². The lowest BCUT2D eigenvalue weighted by atomic mass is 10.2. The van der Waals surface area contributed by atoms with Crippen LogP contribution in [-0.2, 0) is 4.74 Å². The highest BCUT2D eigenvalue weighted by Gasteiger charge is 2.06. The first-order chi connectivity index (χ1) is 8.24. The van der Waals surface area contributed by atoms with Crippen molar-refractivity contribution in [2.75, 3.05) is 6.61 Å². The van der Waals surface area contributed by atoms with E-state index < -0.39 is 12.0 Å². The number of nitrogens with one attached hydrogen (secondary N) is 2. The van der Waals surface area contributed by atoms with Gasteiger partial charge in [-0.1, -0.05) is 30.4 Å². The van der Waals surface area contributed by atoms with Gasteiger partial charge < -0.3 is 4.74 Å². The van der Waals surface area contributed by atoms with Crippen LogP contribution in [0.15, 0.2) is 42.5 Å². The molecule has 0 spiro atoms. The van der Waals surface area contributed by atoms with E-state index >= 15 is 0 Å². The summed E-state index contributed by atoms with van der Waals surface area (Å²) < 4.78 is 4.72. The van der Waals surface area contributed by atoms with Crippen molar-refractivity contribution in [3.05, 3.63) is 48.0 Å². The number of hydrogen-bond acceptors (Lipinski definition) is 3. The molecular weight excluding hydrogens is 220 g/mol. The van der Waals surface area contributed by atoms with Gasteiger partial charge in [0.15, 0.2) is 0 Å². The molecule has 0 aliphatic heterocycles. The predicted octanol–water partition coefficient (Wildman–Crippen LogP) is 1.63. The molecule has 0 radical (unpaired) electrons. The molecule has 0 unspecified atom stereocenters. The number of rotatable bonds is 3. The Morgan fingerprint density at radius 3 is 2.59 bits per heavy atom. The van der Waals surface area contributed by atoms with Crippen LogP contribution in [0.3, 0.4) is 0 Å². The predicted molar refractivity (Wildman–Crippen MR) is 63.2 cm³/mol. The minimum atomic E-state index is -0.701. The first-order valence-corrected chi connectivity index (χ1v) is 5.13. The van der Waals surface area contributed by atoms with Gasteiger partial charge in [0.05, 0.1) is 0 Å². The number of hydrogen-bond donors (Lipinski definition) is 2.